The summed E-state index contributed by atoms with van der Waals surface area (Å²) in [5.74, 6) is -0.240. The van der Waals surface area contributed by atoms with Crippen LogP contribution in [0.25, 0.3) is 0 Å². The van der Waals surface area contributed by atoms with Crippen LogP contribution in [0.1, 0.15) is 21.6 Å². The van der Waals surface area contributed by atoms with Gasteiger partial charge >= 0.3 is 0 Å². The summed E-state index contributed by atoms with van der Waals surface area (Å²) in [6, 6.07) is 7.32. The van der Waals surface area contributed by atoms with Gasteiger partial charge in [-0.1, -0.05) is 35.3 Å². The van der Waals surface area contributed by atoms with Gasteiger partial charge in [-0.3, -0.25) is 9.48 Å². The van der Waals surface area contributed by atoms with Gasteiger partial charge in [0.2, 0.25) is 0 Å². The summed E-state index contributed by atoms with van der Waals surface area (Å²) >= 11 is 11.9. The predicted molar refractivity (Wildman–Crippen MR) is 75.6 cm³/mol. The van der Waals surface area contributed by atoms with Crippen LogP contribution in [-0.2, 0) is 13.6 Å². The number of nitrogens with one attached hydrogen (secondary N) is 1. The smallest absolute Gasteiger partial charge is 0.256 e. The minimum Gasteiger partial charge on any atom is -0.348 e. The lowest BCUT2D eigenvalue weighted by Gasteiger charge is -2.05. The number of carbonyl (C=O) groups excluding carboxylic acids is 1. The molecule has 19 heavy (non-hydrogen) atoms. The van der Waals surface area contributed by atoms with E-state index in [9.17, 15) is 4.79 Å². The highest BCUT2D eigenvalue weighted by Crippen LogP contribution is 2.18. The molecule has 1 amide bonds. The third-order valence-electron chi connectivity index (χ3n) is 2.72. The van der Waals surface area contributed by atoms with Crippen molar-refractivity contribution in [2.75, 3.05) is 0 Å². The Labute approximate surface area is 121 Å². The van der Waals surface area contributed by atoms with E-state index in [2.05, 4.69) is 10.4 Å². The van der Waals surface area contributed by atoms with Crippen LogP contribution in [0.15, 0.2) is 24.3 Å². The third kappa shape index (κ3) is 3.08. The molecule has 100 valence electrons. The quantitative estimate of drug-likeness (QED) is 0.947. The molecular weight excluding hydrogens is 285 g/mol. The Kier molecular flexibility index (Phi) is 4.12. The van der Waals surface area contributed by atoms with E-state index >= 15 is 0 Å². The largest absolute Gasteiger partial charge is 0.348 e. The SMILES string of the molecule is Cc1nn(C)c(Cl)c1C(=O)NCc1cccc(Cl)c1. The van der Waals surface area contributed by atoms with Crippen LogP contribution in [0.3, 0.4) is 0 Å². The lowest BCUT2D eigenvalue weighted by atomic mass is 10.2. The Morgan fingerprint density at radius 3 is 2.74 bits per heavy atom. The number of aromatic nitrogens is 2. The monoisotopic (exact) mass is 297 g/mol. The van der Waals surface area contributed by atoms with E-state index < -0.39 is 0 Å². The van der Waals surface area contributed by atoms with Crippen molar-refractivity contribution in [2.24, 2.45) is 7.05 Å². The first-order chi connectivity index (χ1) is 8.99. The number of benzene rings is 1. The molecule has 0 aliphatic rings. The van der Waals surface area contributed by atoms with Crippen LogP contribution in [0, 0.1) is 6.92 Å². The number of nitrogens with zero attached hydrogens (tertiary/aromatic N) is 2. The topological polar surface area (TPSA) is 46.9 Å². The van der Waals surface area contributed by atoms with E-state index in [0.29, 0.717) is 28.0 Å². The Morgan fingerprint density at radius 2 is 2.16 bits per heavy atom. The standard InChI is InChI=1S/C13H13Cl2N3O/c1-8-11(12(15)18(2)17-8)13(19)16-7-9-4-3-5-10(14)6-9/h3-6H,7H2,1-2H3,(H,16,19). The van der Waals surface area contributed by atoms with Gasteiger partial charge < -0.3 is 5.32 Å². The Hall–Kier alpha value is -1.52. The fourth-order valence-electron chi connectivity index (χ4n) is 1.81. The molecule has 0 aliphatic carbocycles. The third-order valence-corrected chi connectivity index (χ3v) is 3.39. The number of amides is 1. The molecule has 0 saturated carbocycles. The van der Waals surface area contributed by atoms with Crippen molar-refractivity contribution in [1.82, 2.24) is 15.1 Å². The van der Waals surface area contributed by atoms with Crippen LogP contribution in [0.2, 0.25) is 10.2 Å². The second-order valence-electron chi connectivity index (χ2n) is 4.19. The van der Waals surface area contributed by atoms with Crippen molar-refractivity contribution in [3.63, 3.8) is 0 Å². The van der Waals surface area contributed by atoms with E-state index in [1.165, 1.54) is 4.68 Å². The van der Waals surface area contributed by atoms with Crippen molar-refractivity contribution in [3.05, 3.63) is 51.3 Å². The number of aryl methyl sites for hydroxylation is 2. The lowest BCUT2D eigenvalue weighted by molar-refractivity contribution is 0.0950. The van der Waals surface area contributed by atoms with Gasteiger partial charge in [0.15, 0.2) is 0 Å². The van der Waals surface area contributed by atoms with Crippen LogP contribution in [0.5, 0.6) is 0 Å². The van der Waals surface area contributed by atoms with Crippen LogP contribution in [0.4, 0.5) is 0 Å². The Balaban J connectivity index is 2.10. The molecule has 0 spiro atoms. The molecule has 1 heterocycles. The van der Waals surface area contributed by atoms with Gasteiger partial charge in [0.1, 0.15) is 5.15 Å². The van der Waals surface area contributed by atoms with E-state index in [-0.39, 0.29) is 5.91 Å². The van der Waals surface area contributed by atoms with E-state index in [0.717, 1.165) is 5.56 Å². The average Bonchev–Trinajstić information content (AvgIpc) is 2.61. The molecule has 4 nitrogen and oxygen atoms in total. The van der Waals surface area contributed by atoms with Gasteiger partial charge in [-0.2, -0.15) is 5.10 Å². The van der Waals surface area contributed by atoms with Gasteiger partial charge in [0, 0.05) is 18.6 Å². The van der Waals surface area contributed by atoms with Crippen molar-refractivity contribution in [1.29, 1.82) is 0 Å². The summed E-state index contributed by atoms with van der Waals surface area (Å²) in [5.41, 5.74) is 1.95. The first-order valence-corrected chi connectivity index (χ1v) is 6.46. The van der Waals surface area contributed by atoms with E-state index in [1.54, 1.807) is 26.1 Å². The summed E-state index contributed by atoms with van der Waals surface area (Å²) in [6.07, 6.45) is 0. The second kappa shape index (κ2) is 5.63. The summed E-state index contributed by atoms with van der Waals surface area (Å²) in [7, 11) is 1.70. The fourth-order valence-corrected chi connectivity index (χ4v) is 2.28. The summed E-state index contributed by atoms with van der Waals surface area (Å²) in [6.45, 7) is 2.14. The summed E-state index contributed by atoms with van der Waals surface area (Å²) < 4.78 is 1.48. The van der Waals surface area contributed by atoms with Crippen molar-refractivity contribution < 1.29 is 4.79 Å². The highest BCUT2D eigenvalue weighted by atomic mass is 35.5. The molecule has 0 aliphatic heterocycles. The molecule has 6 heteroatoms. The van der Waals surface area contributed by atoms with E-state index in [4.69, 9.17) is 23.2 Å². The van der Waals surface area contributed by atoms with Gasteiger partial charge in [0.05, 0.1) is 11.3 Å². The molecule has 0 atom stereocenters. The molecule has 0 fully saturated rings. The predicted octanol–water partition coefficient (Wildman–Crippen LogP) is 2.97. The van der Waals surface area contributed by atoms with Crippen molar-refractivity contribution in [3.8, 4) is 0 Å². The maximum atomic E-state index is 12.1. The molecule has 1 N–H and O–H groups in total. The first-order valence-electron chi connectivity index (χ1n) is 5.70. The number of rotatable bonds is 3. The second-order valence-corrected chi connectivity index (χ2v) is 4.98. The molecule has 2 rings (SSSR count). The van der Waals surface area contributed by atoms with Crippen LogP contribution in [-0.4, -0.2) is 15.7 Å². The van der Waals surface area contributed by atoms with Crippen molar-refractivity contribution in [2.45, 2.75) is 13.5 Å². The zero-order chi connectivity index (χ0) is 14.0. The normalized spacial score (nSPS) is 10.5. The maximum absolute atomic E-state index is 12.1. The summed E-state index contributed by atoms with van der Waals surface area (Å²) in [5, 5.41) is 7.88. The number of hydrogen-bond acceptors (Lipinski definition) is 2. The molecular formula is C13H13Cl2N3O. The van der Waals surface area contributed by atoms with Gasteiger partial charge in [0.25, 0.3) is 5.91 Å². The Morgan fingerprint density at radius 1 is 1.42 bits per heavy atom. The molecule has 1 aromatic heterocycles. The van der Waals surface area contributed by atoms with E-state index in [1.807, 2.05) is 12.1 Å². The molecule has 2 aromatic rings. The Bertz CT molecular complexity index is 622. The molecule has 1 aromatic carbocycles. The molecule has 0 radical (unpaired) electrons. The first kappa shape index (κ1) is 13.9. The van der Waals surface area contributed by atoms with Gasteiger partial charge in [-0.25, -0.2) is 0 Å². The van der Waals surface area contributed by atoms with Crippen LogP contribution < -0.4 is 5.32 Å². The minimum atomic E-state index is -0.240. The number of halogens is 2. The lowest BCUT2D eigenvalue weighted by Crippen LogP contribution is -2.23. The molecule has 0 bridgehead atoms. The zero-order valence-electron chi connectivity index (χ0n) is 10.6. The highest BCUT2D eigenvalue weighted by Gasteiger charge is 2.18. The number of carbonyl (C=O) groups is 1. The van der Waals surface area contributed by atoms with Gasteiger partial charge in [-0.15, -0.1) is 0 Å². The minimum absolute atomic E-state index is 0.240. The molecule has 0 unspecified atom stereocenters. The van der Waals surface area contributed by atoms with Gasteiger partial charge in [-0.05, 0) is 24.6 Å². The average molecular weight is 298 g/mol. The fraction of sp³-hybridized carbons (Fsp3) is 0.231. The maximum Gasteiger partial charge on any atom is 0.256 e. The number of hydrogen-bond donors (Lipinski definition) is 1. The zero-order valence-corrected chi connectivity index (χ0v) is 12.1. The van der Waals surface area contributed by atoms with Crippen molar-refractivity contribution >= 4 is 29.1 Å². The summed E-state index contributed by atoms with van der Waals surface area (Å²) in [4.78, 5) is 12.1. The highest BCUT2D eigenvalue weighted by molar-refractivity contribution is 6.33. The van der Waals surface area contributed by atoms with Crippen LogP contribution >= 0.6 is 23.2 Å². The molecule has 0 saturated heterocycles.